The molecule has 0 fully saturated rings. The fraction of sp³-hybridized carbons (Fsp3) is 0.375. The summed E-state index contributed by atoms with van der Waals surface area (Å²) in [6.45, 7) is 2.18. The van der Waals surface area contributed by atoms with Crippen molar-refractivity contribution in [3.63, 3.8) is 0 Å². The third kappa shape index (κ3) is 3.98. The number of rotatable bonds is 6. The minimum absolute atomic E-state index is 0.608. The van der Waals surface area contributed by atoms with Crippen LogP contribution in [0.5, 0.6) is 5.75 Å². The molecule has 0 saturated heterocycles. The largest absolute Gasteiger partial charge is 0.496 e. The molecule has 1 aromatic heterocycles. The Bertz CT molecular complexity index is 921. The van der Waals surface area contributed by atoms with E-state index in [2.05, 4.69) is 59.4 Å². The predicted molar refractivity (Wildman–Crippen MR) is 112 cm³/mol. The zero-order valence-corrected chi connectivity index (χ0v) is 16.3. The SMILES string of the molecule is COc1cccc2c1CCC[C@H]2CN(C)CCc1ccc2cnccc2c1. The van der Waals surface area contributed by atoms with Crippen LogP contribution in [0.3, 0.4) is 0 Å². The first-order valence-corrected chi connectivity index (χ1v) is 9.91. The molecule has 3 aromatic rings. The summed E-state index contributed by atoms with van der Waals surface area (Å²) < 4.78 is 5.59. The van der Waals surface area contributed by atoms with E-state index in [1.165, 1.54) is 40.3 Å². The molecule has 0 spiro atoms. The highest BCUT2D eigenvalue weighted by Gasteiger charge is 2.23. The summed E-state index contributed by atoms with van der Waals surface area (Å²) in [5.74, 6) is 1.67. The van der Waals surface area contributed by atoms with Crippen molar-refractivity contribution in [3.05, 3.63) is 71.5 Å². The van der Waals surface area contributed by atoms with Gasteiger partial charge in [-0.05, 0) is 72.9 Å². The summed E-state index contributed by atoms with van der Waals surface area (Å²) >= 11 is 0. The third-order valence-corrected chi connectivity index (χ3v) is 5.83. The van der Waals surface area contributed by atoms with Crippen LogP contribution < -0.4 is 4.74 Å². The van der Waals surface area contributed by atoms with E-state index in [-0.39, 0.29) is 0 Å². The molecule has 1 aliphatic carbocycles. The van der Waals surface area contributed by atoms with Gasteiger partial charge < -0.3 is 9.64 Å². The molecule has 3 heteroatoms. The second-order valence-electron chi connectivity index (χ2n) is 7.69. The van der Waals surface area contributed by atoms with Crippen LogP contribution in [0.15, 0.2) is 54.9 Å². The Morgan fingerprint density at radius 2 is 2.07 bits per heavy atom. The van der Waals surface area contributed by atoms with Crippen molar-refractivity contribution in [3.8, 4) is 5.75 Å². The molecule has 140 valence electrons. The van der Waals surface area contributed by atoms with Gasteiger partial charge in [0.2, 0.25) is 0 Å². The van der Waals surface area contributed by atoms with Gasteiger partial charge >= 0.3 is 0 Å². The predicted octanol–water partition coefficient (Wildman–Crippen LogP) is 4.84. The van der Waals surface area contributed by atoms with Gasteiger partial charge in [0.05, 0.1) is 7.11 Å². The van der Waals surface area contributed by atoms with Crippen molar-refractivity contribution in [2.24, 2.45) is 0 Å². The fourth-order valence-corrected chi connectivity index (χ4v) is 4.37. The number of benzene rings is 2. The van der Waals surface area contributed by atoms with E-state index >= 15 is 0 Å². The van der Waals surface area contributed by atoms with Crippen LogP contribution in [0.1, 0.15) is 35.4 Å². The quantitative estimate of drug-likeness (QED) is 0.629. The van der Waals surface area contributed by atoms with Gasteiger partial charge in [-0.1, -0.05) is 30.3 Å². The Hall–Kier alpha value is -2.39. The second kappa shape index (κ2) is 8.10. The molecule has 2 aromatic carbocycles. The Morgan fingerprint density at radius 3 is 2.96 bits per heavy atom. The maximum absolute atomic E-state index is 5.59. The molecule has 0 N–H and O–H groups in total. The van der Waals surface area contributed by atoms with Crippen molar-refractivity contribution in [1.82, 2.24) is 9.88 Å². The van der Waals surface area contributed by atoms with Crippen molar-refractivity contribution < 1.29 is 4.74 Å². The molecule has 1 atom stereocenters. The highest BCUT2D eigenvalue weighted by atomic mass is 16.5. The summed E-state index contributed by atoms with van der Waals surface area (Å²) in [6, 6.07) is 15.3. The number of aromatic nitrogens is 1. The lowest BCUT2D eigenvalue weighted by molar-refractivity contribution is 0.299. The Labute approximate surface area is 162 Å². The van der Waals surface area contributed by atoms with E-state index in [1.807, 2.05) is 12.4 Å². The van der Waals surface area contributed by atoms with Gasteiger partial charge in [0.15, 0.2) is 0 Å². The number of hydrogen-bond donors (Lipinski definition) is 0. The molecule has 4 rings (SSSR count). The number of nitrogens with zero attached hydrogens (tertiary/aromatic N) is 2. The molecular weight excluding hydrogens is 332 g/mol. The van der Waals surface area contributed by atoms with Gasteiger partial charge in [-0.25, -0.2) is 0 Å². The summed E-state index contributed by atoms with van der Waals surface area (Å²) in [5, 5.41) is 2.49. The molecule has 3 nitrogen and oxygen atoms in total. The topological polar surface area (TPSA) is 25.4 Å². The minimum Gasteiger partial charge on any atom is -0.496 e. The number of hydrogen-bond acceptors (Lipinski definition) is 3. The van der Waals surface area contributed by atoms with Crippen LogP contribution >= 0.6 is 0 Å². The molecule has 0 bridgehead atoms. The highest BCUT2D eigenvalue weighted by Crippen LogP contribution is 2.36. The number of fused-ring (bicyclic) bond motifs is 2. The lowest BCUT2D eigenvalue weighted by Crippen LogP contribution is -2.28. The van der Waals surface area contributed by atoms with Gasteiger partial charge in [0.25, 0.3) is 0 Å². The maximum Gasteiger partial charge on any atom is 0.122 e. The summed E-state index contributed by atoms with van der Waals surface area (Å²) in [4.78, 5) is 6.68. The maximum atomic E-state index is 5.59. The minimum atomic E-state index is 0.608. The average molecular weight is 361 g/mol. The first-order valence-electron chi connectivity index (χ1n) is 9.91. The van der Waals surface area contributed by atoms with Crippen LogP contribution in [0.2, 0.25) is 0 Å². The fourth-order valence-electron chi connectivity index (χ4n) is 4.37. The molecule has 0 unspecified atom stereocenters. The monoisotopic (exact) mass is 360 g/mol. The Morgan fingerprint density at radius 1 is 1.15 bits per heavy atom. The summed E-state index contributed by atoms with van der Waals surface area (Å²) in [6.07, 6.45) is 8.54. The zero-order valence-electron chi connectivity index (χ0n) is 16.3. The van der Waals surface area contributed by atoms with Crippen molar-refractivity contribution >= 4 is 10.8 Å². The van der Waals surface area contributed by atoms with Crippen molar-refractivity contribution in [2.45, 2.75) is 31.6 Å². The van der Waals surface area contributed by atoms with E-state index in [0.29, 0.717) is 5.92 Å². The zero-order chi connectivity index (χ0) is 18.6. The van der Waals surface area contributed by atoms with Crippen LogP contribution in [0.25, 0.3) is 10.8 Å². The van der Waals surface area contributed by atoms with Crippen molar-refractivity contribution in [1.29, 1.82) is 0 Å². The number of ether oxygens (including phenoxy) is 1. The molecule has 27 heavy (non-hydrogen) atoms. The average Bonchev–Trinajstić information content (AvgIpc) is 2.72. The highest BCUT2D eigenvalue weighted by molar-refractivity contribution is 5.81. The molecule has 0 aliphatic heterocycles. The molecule has 0 radical (unpaired) electrons. The Kier molecular flexibility index (Phi) is 5.40. The number of methoxy groups -OCH3 is 1. The first-order chi connectivity index (χ1) is 13.2. The summed E-state index contributed by atoms with van der Waals surface area (Å²) in [7, 11) is 4.03. The van der Waals surface area contributed by atoms with Crippen LogP contribution in [-0.4, -0.2) is 37.1 Å². The van der Waals surface area contributed by atoms with Crippen LogP contribution in [0.4, 0.5) is 0 Å². The van der Waals surface area contributed by atoms with E-state index in [1.54, 1.807) is 7.11 Å². The third-order valence-electron chi connectivity index (χ3n) is 5.83. The smallest absolute Gasteiger partial charge is 0.122 e. The molecule has 0 saturated carbocycles. The van der Waals surface area contributed by atoms with Crippen LogP contribution in [-0.2, 0) is 12.8 Å². The molecule has 1 heterocycles. The number of pyridine rings is 1. The van der Waals surface area contributed by atoms with Gasteiger partial charge in [0.1, 0.15) is 5.75 Å². The number of likely N-dealkylation sites (N-methyl/N-ethyl adjacent to an activating group) is 1. The van der Waals surface area contributed by atoms with Crippen LogP contribution in [0, 0.1) is 0 Å². The van der Waals surface area contributed by atoms with Crippen molar-refractivity contribution in [2.75, 3.05) is 27.2 Å². The van der Waals surface area contributed by atoms with Gasteiger partial charge in [-0.3, -0.25) is 4.98 Å². The second-order valence-corrected chi connectivity index (χ2v) is 7.69. The normalized spacial score (nSPS) is 16.5. The lowest BCUT2D eigenvalue weighted by atomic mass is 9.82. The standard InChI is InChI=1S/C24H28N2O/c1-26(14-12-18-9-10-20-16-25-13-11-19(20)15-18)17-21-5-3-7-23-22(21)6-4-8-24(23)27-2/h4,6,8-11,13,15-16,21H,3,5,7,12,14,17H2,1-2H3/t21-/m0/s1. The van der Waals surface area contributed by atoms with E-state index in [0.717, 1.165) is 31.7 Å². The summed E-state index contributed by atoms with van der Waals surface area (Å²) in [5.41, 5.74) is 4.31. The molecule has 1 aliphatic rings. The Balaban J connectivity index is 1.40. The van der Waals surface area contributed by atoms with Gasteiger partial charge in [0, 0.05) is 30.9 Å². The van der Waals surface area contributed by atoms with E-state index in [9.17, 15) is 0 Å². The lowest BCUT2D eigenvalue weighted by Gasteiger charge is -2.30. The first kappa shape index (κ1) is 18.0. The van der Waals surface area contributed by atoms with E-state index in [4.69, 9.17) is 4.74 Å². The van der Waals surface area contributed by atoms with Gasteiger partial charge in [-0.2, -0.15) is 0 Å². The van der Waals surface area contributed by atoms with E-state index < -0.39 is 0 Å². The molecular formula is C24H28N2O. The van der Waals surface area contributed by atoms with Gasteiger partial charge in [-0.15, -0.1) is 0 Å². The molecule has 0 amide bonds.